The van der Waals surface area contributed by atoms with Crippen molar-refractivity contribution in [3.8, 4) is 5.75 Å². The Balaban J connectivity index is 2.12. The zero-order chi connectivity index (χ0) is 12.7. The molecule has 2 aliphatic rings. The molecule has 0 N–H and O–H groups in total. The molecular formula is C16H18O2. The van der Waals surface area contributed by atoms with Crippen molar-refractivity contribution < 1.29 is 9.53 Å². The quantitative estimate of drug-likeness (QED) is 0.756. The molecule has 2 heteroatoms. The molecule has 0 saturated carbocycles. The largest absolute Gasteiger partial charge is 0.496 e. The maximum Gasteiger partial charge on any atom is 0.159 e. The number of carbonyl (C=O) groups excluding carboxylic acids is 1. The van der Waals surface area contributed by atoms with E-state index in [-0.39, 0.29) is 5.92 Å². The minimum Gasteiger partial charge on any atom is -0.496 e. The van der Waals surface area contributed by atoms with E-state index in [0.717, 1.165) is 25.0 Å². The third-order valence-electron chi connectivity index (χ3n) is 4.24. The van der Waals surface area contributed by atoms with Crippen molar-refractivity contribution >= 4 is 5.78 Å². The summed E-state index contributed by atoms with van der Waals surface area (Å²) in [6.45, 7) is 2.09. The molecule has 0 aromatic heterocycles. The summed E-state index contributed by atoms with van der Waals surface area (Å²) in [6, 6.07) is 4.33. The normalized spacial score (nSPS) is 25.6. The summed E-state index contributed by atoms with van der Waals surface area (Å²) in [7, 11) is 1.73. The van der Waals surface area contributed by atoms with E-state index in [2.05, 4.69) is 19.1 Å². The van der Waals surface area contributed by atoms with Crippen LogP contribution >= 0.6 is 0 Å². The van der Waals surface area contributed by atoms with E-state index in [9.17, 15) is 4.79 Å². The Kier molecular flexibility index (Phi) is 2.73. The van der Waals surface area contributed by atoms with Crippen LogP contribution < -0.4 is 4.74 Å². The Labute approximate surface area is 108 Å². The third-order valence-corrected chi connectivity index (χ3v) is 4.24. The van der Waals surface area contributed by atoms with E-state index in [1.165, 1.54) is 16.7 Å². The molecule has 18 heavy (non-hydrogen) atoms. The standard InChI is InChI=1S/C16H18O2/c1-10-8-14-11-4-3-5-15(17)12(11)6-7-13(14)16(9-10)18-2/h3,5,8-9,11-12H,4,6-7H2,1-2H3. The number of ketones is 1. The van der Waals surface area contributed by atoms with Crippen LogP contribution in [-0.2, 0) is 11.2 Å². The highest BCUT2D eigenvalue weighted by Crippen LogP contribution is 2.44. The number of benzene rings is 1. The summed E-state index contributed by atoms with van der Waals surface area (Å²) in [5.74, 6) is 1.84. The maximum absolute atomic E-state index is 12.0. The summed E-state index contributed by atoms with van der Waals surface area (Å²) >= 11 is 0. The van der Waals surface area contributed by atoms with Gasteiger partial charge in [-0.05, 0) is 60.9 Å². The van der Waals surface area contributed by atoms with Crippen molar-refractivity contribution in [2.24, 2.45) is 5.92 Å². The van der Waals surface area contributed by atoms with Gasteiger partial charge in [0.15, 0.2) is 5.78 Å². The predicted octanol–water partition coefficient (Wildman–Crippen LogP) is 3.18. The molecule has 1 aromatic carbocycles. The Morgan fingerprint density at radius 3 is 2.89 bits per heavy atom. The van der Waals surface area contributed by atoms with Crippen LogP contribution in [0.1, 0.15) is 35.4 Å². The number of fused-ring (bicyclic) bond motifs is 3. The monoisotopic (exact) mass is 242 g/mol. The molecule has 0 heterocycles. The lowest BCUT2D eigenvalue weighted by atomic mass is 9.69. The zero-order valence-electron chi connectivity index (χ0n) is 10.9. The Morgan fingerprint density at radius 1 is 1.28 bits per heavy atom. The van der Waals surface area contributed by atoms with Gasteiger partial charge in [-0.15, -0.1) is 0 Å². The van der Waals surface area contributed by atoms with Gasteiger partial charge in [-0.2, -0.15) is 0 Å². The highest BCUT2D eigenvalue weighted by Gasteiger charge is 2.35. The number of ether oxygens (including phenoxy) is 1. The van der Waals surface area contributed by atoms with Gasteiger partial charge in [0.25, 0.3) is 0 Å². The predicted molar refractivity (Wildman–Crippen MR) is 71.0 cm³/mol. The average molecular weight is 242 g/mol. The molecule has 0 bridgehead atoms. The maximum atomic E-state index is 12.0. The van der Waals surface area contributed by atoms with Gasteiger partial charge in [-0.1, -0.05) is 12.1 Å². The van der Waals surface area contributed by atoms with Gasteiger partial charge in [-0.25, -0.2) is 0 Å². The highest BCUT2D eigenvalue weighted by molar-refractivity contribution is 5.93. The first-order chi connectivity index (χ1) is 8.70. The molecule has 1 aromatic rings. The molecule has 2 unspecified atom stereocenters. The van der Waals surface area contributed by atoms with Gasteiger partial charge in [-0.3, -0.25) is 4.79 Å². The average Bonchev–Trinajstić information content (AvgIpc) is 2.38. The molecule has 2 atom stereocenters. The molecule has 0 saturated heterocycles. The minimum atomic E-state index is 0.189. The summed E-state index contributed by atoms with van der Waals surface area (Å²) in [5.41, 5.74) is 3.86. The zero-order valence-corrected chi connectivity index (χ0v) is 10.9. The van der Waals surface area contributed by atoms with Gasteiger partial charge >= 0.3 is 0 Å². The fraction of sp³-hybridized carbons (Fsp3) is 0.438. The number of allylic oxidation sites excluding steroid dienone is 2. The van der Waals surface area contributed by atoms with Gasteiger partial charge < -0.3 is 4.74 Å². The van der Waals surface area contributed by atoms with Crippen LogP contribution in [0.15, 0.2) is 24.3 Å². The summed E-state index contributed by atoms with van der Waals surface area (Å²) in [4.78, 5) is 12.0. The van der Waals surface area contributed by atoms with Gasteiger partial charge in [0.1, 0.15) is 5.75 Å². The van der Waals surface area contributed by atoms with Crippen LogP contribution in [0.2, 0.25) is 0 Å². The molecule has 94 valence electrons. The molecule has 2 aliphatic carbocycles. The van der Waals surface area contributed by atoms with Crippen LogP contribution in [-0.4, -0.2) is 12.9 Å². The van der Waals surface area contributed by atoms with Crippen molar-refractivity contribution in [1.82, 2.24) is 0 Å². The van der Waals surface area contributed by atoms with E-state index in [1.54, 1.807) is 13.2 Å². The fourth-order valence-electron chi connectivity index (χ4n) is 3.39. The van der Waals surface area contributed by atoms with E-state index in [0.29, 0.717) is 11.7 Å². The van der Waals surface area contributed by atoms with Crippen LogP contribution in [0, 0.1) is 12.8 Å². The molecule has 0 amide bonds. The first-order valence-electron chi connectivity index (χ1n) is 6.58. The molecule has 3 rings (SSSR count). The lowest BCUT2D eigenvalue weighted by Crippen LogP contribution is -2.29. The van der Waals surface area contributed by atoms with Crippen LogP contribution in [0.25, 0.3) is 0 Å². The Bertz CT molecular complexity index is 528. The number of methoxy groups -OCH3 is 1. The Hall–Kier alpha value is -1.57. The number of carbonyl (C=O) groups is 1. The molecule has 0 radical (unpaired) electrons. The van der Waals surface area contributed by atoms with Crippen LogP contribution in [0.4, 0.5) is 0 Å². The fourth-order valence-corrected chi connectivity index (χ4v) is 3.39. The second kappa shape index (κ2) is 4.27. The minimum absolute atomic E-state index is 0.189. The van der Waals surface area contributed by atoms with Crippen molar-refractivity contribution in [3.63, 3.8) is 0 Å². The van der Waals surface area contributed by atoms with Gasteiger partial charge in [0.05, 0.1) is 7.11 Å². The molecular weight excluding hydrogens is 224 g/mol. The van der Waals surface area contributed by atoms with Crippen molar-refractivity contribution in [2.75, 3.05) is 7.11 Å². The molecule has 0 fully saturated rings. The number of hydrogen-bond donors (Lipinski definition) is 0. The van der Waals surface area contributed by atoms with E-state index in [1.807, 2.05) is 6.08 Å². The lowest BCUT2D eigenvalue weighted by Gasteiger charge is -2.34. The second-order valence-electron chi connectivity index (χ2n) is 5.33. The molecule has 0 spiro atoms. The number of hydrogen-bond acceptors (Lipinski definition) is 2. The lowest BCUT2D eigenvalue weighted by molar-refractivity contribution is -0.119. The summed E-state index contributed by atoms with van der Waals surface area (Å²) in [6.07, 6.45) is 6.68. The summed E-state index contributed by atoms with van der Waals surface area (Å²) < 4.78 is 5.50. The third kappa shape index (κ3) is 1.67. The van der Waals surface area contributed by atoms with E-state index < -0.39 is 0 Å². The highest BCUT2D eigenvalue weighted by atomic mass is 16.5. The number of aryl methyl sites for hydroxylation is 1. The first-order valence-corrected chi connectivity index (χ1v) is 6.58. The van der Waals surface area contributed by atoms with Crippen molar-refractivity contribution in [1.29, 1.82) is 0 Å². The number of rotatable bonds is 1. The first kappa shape index (κ1) is 11.5. The van der Waals surface area contributed by atoms with E-state index in [4.69, 9.17) is 4.74 Å². The summed E-state index contributed by atoms with van der Waals surface area (Å²) in [5, 5.41) is 0. The molecule has 0 aliphatic heterocycles. The van der Waals surface area contributed by atoms with Crippen molar-refractivity contribution in [2.45, 2.75) is 32.1 Å². The van der Waals surface area contributed by atoms with E-state index >= 15 is 0 Å². The van der Waals surface area contributed by atoms with Crippen molar-refractivity contribution in [3.05, 3.63) is 41.0 Å². The van der Waals surface area contributed by atoms with Crippen LogP contribution in [0.5, 0.6) is 5.75 Å². The smallest absolute Gasteiger partial charge is 0.159 e. The SMILES string of the molecule is COc1cc(C)cc2c1CCC1C(=O)C=CCC21. The van der Waals surface area contributed by atoms with Gasteiger partial charge in [0, 0.05) is 5.92 Å². The topological polar surface area (TPSA) is 26.3 Å². The molecule has 2 nitrogen and oxygen atoms in total. The van der Waals surface area contributed by atoms with Gasteiger partial charge in [0.2, 0.25) is 0 Å². The second-order valence-corrected chi connectivity index (χ2v) is 5.33. The van der Waals surface area contributed by atoms with Crippen LogP contribution in [0.3, 0.4) is 0 Å². The Morgan fingerprint density at radius 2 is 2.11 bits per heavy atom.